The van der Waals surface area contributed by atoms with E-state index in [2.05, 4.69) is 45.9 Å². The molecule has 5 nitrogen and oxygen atoms in total. The van der Waals surface area contributed by atoms with Gasteiger partial charge in [0.25, 0.3) is 11.6 Å². The van der Waals surface area contributed by atoms with Crippen molar-refractivity contribution in [3.8, 4) is 22.6 Å². The molecule has 0 fully saturated rings. The summed E-state index contributed by atoms with van der Waals surface area (Å²) in [6.45, 7) is 1.29. The van der Waals surface area contributed by atoms with Crippen LogP contribution in [0.3, 0.4) is 0 Å². The molecule has 2 heterocycles. The number of methoxy groups -OCH3 is 2. The maximum atomic E-state index is 12.1. The third-order valence-electron chi connectivity index (χ3n) is 6.86. The van der Waals surface area contributed by atoms with Crippen LogP contribution < -0.4 is 31.4 Å². The highest BCUT2D eigenvalue weighted by Crippen LogP contribution is 2.40. The van der Waals surface area contributed by atoms with Gasteiger partial charge in [0.2, 0.25) is 0 Å². The highest BCUT2D eigenvalue weighted by molar-refractivity contribution is 5.97. The van der Waals surface area contributed by atoms with Gasteiger partial charge in [0.1, 0.15) is 5.75 Å². The van der Waals surface area contributed by atoms with Crippen molar-refractivity contribution in [2.75, 3.05) is 32.2 Å². The lowest BCUT2D eigenvalue weighted by Crippen LogP contribution is -3.00. The quantitative estimate of drug-likeness (QED) is 0.520. The first-order chi connectivity index (χ1) is 16.1. The van der Waals surface area contributed by atoms with Gasteiger partial charge in [-0.3, -0.25) is 0 Å². The Bertz CT molecular complexity index is 1160. The molecule has 178 valence electrons. The van der Waals surface area contributed by atoms with Crippen molar-refractivity contribution in [2.45, 2.75) is 31.4 Å². The average Bonchev–Trinajstić information content (AvgIpc) is 3.01. The molecule has 0 aliphatic carbocycles. The van der Waals surface area contributed by atoms with Gasteiger partial charge in [0, 0.05) is 18.1 Å². The van der Waals surface area contributed by atoms with Gasteiger partial charge in [-0.25, -0.2) is 9.48 Å². The average molecular weight is 523 g/mol. The number of anilines is 1. The monoisotopic (exact) mass is 522 g/mol. The van der Waals surface area contributed by atoms with Crippen LogP contribution in [0.25, 0.3) is 11.1 Å². The van der Waals surface area contributed by atoms with E-state index in [1.54, 1.807) is 14.2 Å². The fraction of sp³-hybridized carbons (Fsp3) is 0.321. The zero-order valence-corrected chi connectivity index (χ0v) is 21.3. The van der Waals surface area contributed by atoms with Crippen LogP contribution in [0.5, 0.6) is 11.5 Å². The van der Waals surface area contributed by atoms with Gasteiger partial charge >= 0.3 is 0 Å². The largest absolute Gasteiger partial charge is 1.00 e. The lowest BCUT2D eigenvalue weighted by molar-refractivity contribution is -0.658. The minimum atomic E-state index is -1.10. The van der Waals surface area contributed by atoms with E-state index >= 15 is 0 Å². The van der Waals surface area contributed by atoms with E-state index in [1.165, 1.54) is 5.56 Å². The lowest BCUT2D eigenvalue weighted by Gasteiger charge is -2.24. The van der Waals surface area contributed by atoms with Crippen molar-refractivity contribution in [1.82, 2.24) is 0 Å². The van der Waals surface area contributed by atoms with Gasteiger partial charge in [-0.05, 0) is 42.5 Å². The molecule has 0 saturated heterocycles. The molecule has 5 rings (SSSR count). The van der Waals surface area contributed by atoms with E-state index in [9.17, 15) is 5.11 Å². The fourth-order valence-electron chi connectivity index (χ4n) is 5.11. The van der Waals surface area contributed by atoms with Gasteiger partial charge in [-0.1, -0.05) is 54.6 Å². The van der Waals surface area contributed by atoms with Crippen LogP contribution in [0.2, 0.25) is 0 Å². The summed E-state index contributed by atoms with van der Waals surface area (Å²) in [6.07, 6.45) is 4.28. The minimum absolute atomic E-state index is 0. The van der Waals surface area contributed by atoms with E-state index in [1.807, 2.05) is 36.4 Å². The third kappa shape index (κ3) is 4.32. The summed E-state index contributed by atoms with van der Waals surface area (Å²) in [5.74, 6) is 2.66. The highest BCUT2D eigenvalue weighted by atomic mass is 79.9. The van der Waals surface area contributed by atoms with Crippen LogP contribution in [-0.2, 0) is 5.72 Å². The second kappa shape index (κ2) is 10.2. The molecule has 0 radical (unpaired) electrons. The Morgan fingerprint density at radius 2 is 1.59 bits per heavy atom. The summed E-state index contributed by atoms with van der Waals surface area (Å²) in [5.41, 5.74) is 3.09. The molecule has 2 aliphatic rings. The molecular formula is C28H31BrN2O3. The summed E-state index contributed by atoms with van der Waals surface area (Å²) >= 11 is 0. The van der Waals surface area contributed by atoms with Gasteiger partial charge in [-0.15, -0.1) is 0 Å². The number of aliphatic hydroxyl groups is 1. The molecule has 1 unspecified atom stereocenters. The van der Waals surface area contributed by atoms with E-state index in [4.69, 9.17) is 9.47 Å². The minimum Gasteiger partial charge on any atom is -1.00 e. The smallest absolute Gasteiger partial charge is 0.271 e. The highest BCUT2D eigenvalue weighted by Gasteiger charge is 2.52. The van der Waals surface area contributed by atoms with Crippen LogP contribution >= 0.6 is 0 Å². The molecule has 6 heteroatoms. The normalized spacial score (nSPS) is 19.8. The maximum absolute atomic E-state index is 12.1. The van der Waals surface area contributed by atoms with Gasteiger partial charge < -0.3 is 31.6 Å². The first kappa shape index (κ1) is 24.3. The van der Waals surface area contributed by atoms with E-state index in [-0.39, 0.29) is 17.0 Å². The molecule has 0 aromatic heterocycles. The SMILES string of the molecule is COc1ccc(N2CC(O)(c3ccc(-c4ccccc4)cc3)[N+]3=C2CCCCC3)c(OC)c1.[Br-]. The summed E-state index contributed by atoms with van der Waals surface area (Å²) in [6, 6.07) is 24.6. The predicted octanol–water partition coefficient (Wildman–Crippen LogP) is 2.03. The molecule has 2 aliphatic heterocycles. The third-order valence-corrected chi connectivity index (χ3v) is 6.86. The standard InChI is InChI=1S/C28H31N2O3.BrH/c1-32-24-16-17-25(26(19-24)33-2)29-20-28(31,30-18-8-4-7-11-27(29)30)23-14-12-22(13-15-23)21-9-5-3-6-10-21;/h3,5-6,9-10,12-17,19,31H,4,7-8,11,18,20H2,1-2H3;1H/q+1;/p-1. The zero-order chi connectivity index (χ0) is 22.8. The Morgan fingerprint density at radius 3 is 2.29 bits per heavy atom. The van der Waals surface area contributed by atoms with Gasteiger partial charge in [0.05, 0.1) is 20.8 Å². The molecule has 1 atom stereocenters. The van der Waals surface area contributed by atoms with Crippen molar-refractivity contribution < 1.29 is 36.1 Å². The van der Waals surface area contributed by atoms with E-state index in [0.717, 1.165) is 66.4 Å². The van der Waals surface area contributed by atoms with E-state index in [0.29, 0.717) is 6.54 Å². The second-order valence-electron chi connectivity index (χ2n) is 8.76. The Hall–Kier alpha value is -2.83. The Balaban J connectivity index is 0.00000274. The van der Waals surface area contributed by atoms with Crippen LogP contribution in [0.1, 0.15) is 31.2 Å². The fourth-order valence-corrected chi connectivity index (χ4v) is 5.11. The summed E-state index contributed by atoms with van der Waals surface area (Å²) < 4.78 is 13.3. The summed E-state index contributed by atoms with van der Waals surface area (Å²) in [7, 11) is 3.34. The summed E-state index contributed by atoms with van der Waals surface area (Å²) in [4.78, 5) is 2.23. The number of rotatable bonds is 5. The van der Waals surface area contributed by atoms with Crippen molar-refractivity contribution >= 4 is 11.5 Å². The number of benzene rings is 3. The Morgan fingerprint density at radius 1 is 0.853 bits per heavy atom. The first-order valence-electron chi connectivity index (χ1n) is 11.7. The molecule has 0 saturated carbocycles. The lowest BCUT2D eigenvalue weighted by atomic mass is 9.98. The summed E-state index contributed by atoms with van der Waals surface area (Å²) in [5, 5.41) is 12.1. The second-order valence-corrected chi connectivity index (χ2v) is 8.76. The van der Waals surface area contributed by atoms with Crippen molar-refractivity contribution in [3.63, 3.8) is 0 Å². The van der Waals surface area contributed by atoms with Crippen molar-refractivity contribution in [2.24, 2.45) is 0 Å². The van der Waals surface area contributed by atoms with Crippen LogP contribution in [0.4, 0.5) is 5.69 Å². The van der Waals surface area contributed by atoms with Gasteiger partial charge in [0.15, 0.2) is 18.0 Å². The van der Waals surface area contributed by atoms with Crippen molar-refractivity contribution in [3.05, 3.63) is 78.4 Å². The first-order valence-corrected chi connectivity index (χ1v) is 11.7. The predicted molar refractivity (Wildman–Crippen MR) is 131 cm³/mol. The zero-order valence-electron chi connectivity index (χ0n) is 19.7. The van der Waals surface area contributed by atoms with Crippen molar-refractivity contribution in [1.29, 1.82) is 0 Å². The molecule has 0 spiro atoms. The number of hydrogen-bond donors (Lipinski definition) is 1. The molecule has 34 heavy (non-hydrogen) atoms. The topological polar surface area (TPSA) is 44.9 Å². The number of amidine groups is 1. The number of ether oxygens (including phenoxy) is 2. The number of halogens is 1. The Kier molecular flexibility index (Phi) is 7.29. The molecule has 3 aromatic rings. The number of nitrogens with zero attached hydrogens (tertiary/aromatic N) is 2. The molecule has 0 bridgehead atoms. The molecule has 0 amide bonds. The van der Waals surface area contributed by atoms with E-state index < -0.39 is 5.72 Å². The van der Waals surface area contributed by atoms with Crippen LogP contribution in [-0.4, -0.2) is 42.8 Å². The number of β-amino-alcohol motifs (C(OH)–C–C–N with tert-alkyl or cyclic N) is 1. The molecule has 3 aromatic carbocycles. The van der Waals surface area contributed by atoms with Crippen LogP contribution in [0, 0.1) is 0 Å². The Labute approximate surface area is 212 Å². The molecule has 1 N–H and O–H groups in total. The molecular weight excluding hydrogens is 492 g/mol. The van der Waals surface area contributed by atoms with Gasteiger partial charge in [-0.2, -0.15) is 0 Å². The number of hydrogen-bond acceptors (Lipinski definition) is 4. The maximum Gasteiger partial charge on any atom is 0.271 e. The van der Waals surface area contributed by atoms with Crippen LogP contribution in [0.15, 0.2) is 72.8 Å².